The Balaban J connectivity index is 3.46. The summed E-state index contributed by atoms with van der Waals surface area (Å²) in [5.41, 5.74) is -0.457. The summed E-state index contributed by atoms with van der Waals surface area (Å²) < 4.78 is 5.09. The normalized spacial score (nSPS) is 11.1. The molecule has 0 aromatic rings. The van der Waals surface area contributed by atoms with Gasteiger partial charge in [-0.15, -0.1) is 0 Å². The van der Waals surface area contributed by atoms with Crippen molar-refractivity contribution in [2.45, 2.75) is 65.4 Å². The molecule has 0 rings (SSSR count). The van der Waals surface area contributed by atoms with Crippen molar-refractivity contribution in [2.75, 3.05) is 6.54 Å². The van der Waals surface area contributed by atoms with Gasteiger partial charge in [0.2, 0.25) is 0 Å². The van der Waals surface area contributed by atoms with Crippen molar-refractivity contribution in [3.8, 4) is 0 Å². The van der Waals surface area contributed by atoms with Crippen LogP contribution in [0.25, 0.3) is 0 Å². The molecule has 0 fully saturated rings. The molecule has 0 saturated heterocycles. The zero-order valence-corrected chi connectivity index (χ0v) is 11.5. The van der Waals surface area contributed by atoms with Crippen LogP contribution in [-0.2, 0) is 9.53 Å². The van der Waals surface area contributed by atoms with Crippen LogP contribution < -0.4 is 5.32 Å². The number of amides is 1. The quantitative estimate of drug-likeness (QED) is 0.699. The second-order valence-corrected chi connectivity index (χ2v) is 5.17. The summed E-state index contributed by atoms with van der Waals surface area (Å²) >= 11 is 0. The van der Waals surface area contributed by atoms with Crippen LogP contribution in [0, 0.1) is 0 Å². The van der Waals surface area contributed by atoms with E-state index in [2.05, 4.69) is 5.32 Å². The SMILES string of the molecule is CCCC(=O)CCCCNC(=O)OC(C)(C)C. The molecular weight excluding hydrogens is 218 g/mol. The molecule has 100 valence electrons. The fourth-order valence-corrected chi connectivity index (χ4v) is 1.36. The summed E-state index contributed by atoms with van der Waals surface area (Å²) in [6.45, 7) is 8.05. The maximum atomic E-state index is 11.3. The first kappa shape index (κ1) is 15.9. The molecule has 0 aromatic heterocycles. The molecule has 0 spiro atoms. The number of alkyl carbamates (subject to hydrolysis) is 1. The number of carbonyl (C=O) groups excluding carboxylic acids is 2. The minimum Gasteiger partial charge on any atom is -0.444 e. The Morgan fingerprint density at radius 2 is 1.76 bits per heavy atom. The van der Waals surface area contributed by atoms with Gasteiger partial charge in [-0.25, -0.2) is 4.79 Å². The minimum atomic E-state index is -0.457. The van der Waals surface area contributed by atoms with Crippen LogP contribution >= 0.6 is 0 Å². The van der Waals surface area contributed by atoms with Gasteiger partial charge in [0.15, 0.2) is 0 Å². The lowest BCUT2D eigenvalue weighted by molar-refractivity contribution is -0.119. The van der Waals surface area contributed by atoms with Gasteiger partial charge in [-0.2, -0.15) is 0 Å². The van der Waals surface area contributed by atoms with Gasteiger partial charge in [0.25, 0.3) is 0 Å². The number of carbonyl (C=O) groups is 2. The van der Waals surface area contributed by atoms with Crippen molar-refractivity contribution in [2.24, 2.45) is 0 Å². The number of hydrogen-bond donors (Lipinski definition) is 1. The standard InChI is InChI=1S/C13H25NO3/c1-5-8-11(15)9-6-7-10-14-12(16)17-13(2,3)4/h5-10H2,1-4H3,(H,14,16). The first-order valence-electron chi connectivity index (χ1n) is 6.33. The number of ketones is 1. The molecule has 0 radical (unpaired) electrons. The Hall–Kier alpha value is -1.06. The lowest BCUT2D eigenvalue weighted by Gasteiger charge is -2.19. The third kappa shape index (κ3) is 11.2. The van der Waals surface area contributed by atoms with E-state index in [4.69, 9.17) is 4.74 Å². The Morgan fingerprint density at radius 3 is 2.29 bits per heavy atom. The third-order valence-corrected chi connectivity index (χ3v) is 2.08. The second kappa shape index (κ2) is 8.09. The predicted molar refractivity (Wildman–Crippen MR) is 68.0 cm³/mol. The molecule has 0 heterocycles. The van der Waals surface area contributed by atoms with Gasteiger partial charge in [-0.3, -0.25) is 4.79 Å². The van der Waals surface area contributed by atoms with Gasteiger partial charge in [0.05, 0.1) is 0 Å². The van der Waals surface area contributed by atoms with E-state index in [-0.39, 0.29) is 0 Å². The van der Waals surface area contributed by atoms with Crippen LogP contribution in [0.5, 0.6) is 0 Å². The monoisotopic (exact) mass is 243 g/mol. The highest BCUT2D eigenvalue weighted by atomic mass is 16.6. The van der Waals surface area contributed by atoms with E-state index in [0.717, 1.165) is 19.3 Å². The van der Waals surface area contributed by atoms with Crippen molar-refractivity contribution >= 4 is 11.9 Å². The van der Waals surface area contributed by atoms with E-state index < -0.39 is 11.7 Å². The average molecular weight is 243 g/mol. The summed E-state index contributed by atoms with van der Waals surface area (Å²) in [6, 6.07) is 0. The highest BCUT2D eigenvalue weighted by Gasteiger charge is 2.15. The highest BCUT2D eigenvalue weighted by Crippen LogP contribution is 2.06. The molecule has 0 aliphatic heterocycles. The smallest absolute Gasteiger partial charge is 0.407 e. The molecule has 0 saturated carbocycles. The molecule has 4 nitrogen and oxygen atoms in total. The zero-order chi connectivity index (χ0) is 13.3. The van der Waals surface area contributed by atoms with Crippen LogP contribution in [-0.4, -0.2) is 24.0 Å². The van der Waals surface area contributed by atoms with Gasteiger partial charge in [-0.05, 0) is 40.0 Å². The van der Waals surface area contributed by atoms with Crippen LogP contribution in [0.2, 0.25) is 0 Å². The number of ether oxygens (including phenoxy) is 1. The number of rotatable bonds is 7. The highest BCUT2D eigenvalue weighted by molar-refractivity contribution is 5.78. The van der Waals surface area contributed by atoms with Crippen molar-refractivity contribution in [1.29, 1.82) is 0 Å². The fraction of sp³-hybridized carbons (Fsp3) is 0.846. The average Bonchev–Trinajstić information content (AvgIpc) is 2.14. The lowest BCUT2D eigenvalue weighted by atomic mass is 10.1. The molecule has 17 heavy (non-hydrogen) atoms. The van der Waals surface area contributed by atoms with Crippen molar-refractivity contribution < 1.29 is 14.3 Å². The van der Waals surface area contributed by atoms with Crippen LogP contribution in [0.4, 0.5) is 4.79 Å². The Labute approximate surface area is 104 Å². The summed E-state index contributed by atoms with van der Waals surface area (Å²) in [5.74, 6) is 0.310. The fourth-order valence-electron chi connectivity index (χ4n) is 1.36. The Bertz CT molecular complexity index is 244. The molecule has 1 amide bonds. The van der Waals surface area contributed by atoms with E-state index in [1.54, 1.807) is 0 Å². The number of hydrogen-bond acceptors (Lipinski definition) is 3. The summed E-state index contributed by atoms with van der Waals surface area (Å²) in [5, 5.41) is 2.67. The van der Waals surface area contributed by atoms with Crippen LogP contribution in [0.15, 0.2) is 0 Å². The number of Topliss-reactive ketones (excluding diaryl/α,β-unsaturated/α-hetero) is 1. The Morgan fingerprint density at radius 1 is 1.12 bits per heavy atom. The molecule has 0 atom stereocenters. The van der Waals surface area contributed by atoms with Crippen molar-refractivity contribution in [3.63, 3.8) is 0 Å². The first-order valence-corrected chi connectivity index (χ1v) is 6.33. The largest absolute Gasteiger partial charge is 0.444 e. The molecule has 4 heteroatoms. The van der Waals surface area contributed by atoms with Gasteiger partial charge < -0.3 is 10.1 Å². The van der Waals surface area contributed by atoms with E-state index >= 15 is 0 Å². The maximum Gasteiger partial charge on any atom is 0.407 e. The number of unbranched alkanes of at least 4 members (excludes halogenated alkanes) is 1. The molecule has 0 aliphatic rings. The van der Waals surface area contributed by atoms with Gasteiger partial charge in [0.1, 0.15) is 11.4 Å². The van der Waals surface area contributed by atoms with E-state index in [9.17, 15) is 9.59 Å². The summed E-state index contributed by atoms with van der Waals surface area (Å²) in [7, 11) is 0. The molecule has 0 bridgehead atoms. The third-order valence-electron chi connectivity index (χ3n) is 2.08. The van der Waals surface area contributed by atoms with Crippen molar-refractivity contribution in [1.82, 2.24) is 5.32 Å². The van der Waals surface area contributed by atoms with Gasteiger partial charge in [-0.1, -0.05) is 6.92 Å². The topological polar surface area (TPSA) is 55.4 Å². The maximum absolute atomic E-state index is 11.3. The Kier molecular flexibility index (Phi) is 7.59. The van der Waals surface area contributed by atoms with E-state index in [1.807, 2.05) is 27.7 Å². The summed E-state index contributed by atoms with van der Waals surface area (Å²) in [4.78, 5) is 22.5. The van der Waals surface area contributed by atoms with Crippen molar-refractivity contribution in [3.05, 3.63) is 0 Å². The molecule has 1 N–H and O–H groups in total. The zero-order valence-electron chi connectivity index (χ0n) is 11.5. The summed E-state index contributed by atoms with van der Waals surface area (Å²) in [6.07, 6.45) is 3.44. The molecular formula is C13H25NO3. The van der Waals surface area contributed by atoms with Gasteiger partial charge >= 0.3 is 6.09 Å². The second-order valence-electron chi connectivity index (χ2n) is 5.17. The van der Waals surface area contributed by atoms with Crippen LogP contribution in [0.3, 0.4) is 0 Å². The first-order chi connectivity index (χ1) is 7.85. The van der Waals surface area contributed by atoms with E-state index in [1.165, 1.54) is 0 Å². The van der Waals surface area contributed by atoms with Gasteiger partial charge in [0, 0.05) is 19.4 Å². The number of nitrogens with one attached hydrogen (secondary N) is 1. The van der Waals surface area contributed by atoms with E-state index in [0.29, 0.717) is 25.2 Å². The molecule has 0 aromatic carbocycles. The molecule has 0 unspecified atom stereocenters. The predicted octanol–water partition coefficient (Wildman–Crippen LogP) is 3.05. The lowest BCUT2D eigenvalue weighted by Crippen LogP contribution is -2.33. The van der Waals surface area contributed by atoms with Crippen LogP contribution in [0.1, 0.15) is 59.8 Å². The minimum absolute atomic E-state index is 0.310. The molecule has 0 aliphatic carbocycles.